The Hall–Kier alpha value is -2.33. The maximum atomic E-state index is 13.4. The fraction of sp³-hybridized carbons (Fsp3) is 0.474. The molecule has 2 aromatic rings. The van der Waals surface area contributed by atoms with E-state index in [0.29, 0.717) is 18.8 Å². The summed E-state index contributed by atoms with van der Waals surface area (Å²) >= 11 is 0. The Morgan fingerprint density at radius 3 is 2.45 bits per heavy atom. The first-order valence-corrected chi connectivity index (χ1v) is 10.6. The second-order valence-corrected chi connectivity index (χ2v) is 9.34. The molecule has 2 amide bonds. The van der Waals surface area contributed by atoms with Crippen molar-refractivity contribution in [2.45, 2.75) is 38.0 Å². The Morgan fingerprint density at radius 2 is 1.86 bits per heavy atom. The molecule has 0 spiro atoms. The Kier molecular flexibility index (Phi) is 6.63. The largest absolute Gasteiger partial charge is 0.325 e. The second-order valence-electron chi connectivity index (χ2n) is 7.33. The molecular weight excluding hydrogens is 400 g/mol. The number of benzene rings is 1. The minimum atomic E-state index is -0.998. The number of rotatable bonds is 5. The topological polar surface area (TPSA) is 70.5 Å². The fourth-order valence-corrected chi connectivity index (χ4v) is 4.45. The van der Waals surface area contributed by atoms with Gasteiger partial charge >= 0.3 is 6.03 Å². The number of piperidine rings is 1. The average molecular weight is 426 g/mol. The van der Waals surface area contributed by atoms with Crippen LogP contribution in [0.25, 0.3) is 5.69 Å². The molecule has 1 aliphatic rings. The molecule has 0 radical (unpaired) electrons. The molecule has 0 saturated carbocycles. The lowest BCUT2D eigenvalue weighted by Gasteiger charge is -2.36. The molecule has 1 atom stereocenters. The molecule has 158 valence electrons. The SMILES string of the molecule is CC(C)S(=O)N1CCC(N(C)C(=O)Nc2cnn(-c3cc(F)cc(F)c3)c2)CC1. The van der Waals surface area contributed by atoms with Gasteiger partial charge in [0.15, 0.2) is 0 Å². The van der Waals surface area contributed by atoms with Crippen LogP contribution in [-0.2, 0) is 11.0 Å². The lowest BCUT2D eigenvalue weighted by Crippen LogP contribution is -2.48. The number of nitrogens with one attached hydrogen (secondary N) is 1. The summed E-state index contributed by atoms with van der Waals surface area (Å²) in [6.45, 7) is 5.21. The smallest absolute Gasteiger partial charge is 0.321 e. The maximum Gasteiger partial charge on any atom is 0.321 e. The highest BCUT2D eigenvalue weighted by Gasteiger charge is 2.28. The molecule has 1 aromatic heterocycles. The molecule has 3 rings (SSSR count). The Morgan fingerprint density at radius 1 is 1.24 bits per heavy atom. The average Bonchev–Trinajstić information content (AvgIpc) is 3.14. The van der Waals surface area contributed by atoms with Crippen molar-refractivity contribution >= 4 is 22.7 Å². The number of nitrogens with zero attached hydrogens (tertiary/aromatic N) is 4. The molecule has 10 heteroatoms. The normalized spacial score (nSPS) is 16.8. The molecule has 1 N–H and O–H groups in total. The Balaban J connectivity index is 1.58. The number of amides is 2. The zero-order chi connectivity index (χ0) is 21.1. The van der Waals surface area contributed by atoms with Crippen LogP contribution in [-0.4, -0.2) is 60.7 Å². The molecule has 0 aliphatic carbocycles. The first-order valence-electron chi connectivity index (χ1n) is 9.45. The highest BCUT2D eigenvalue weighted by atomic mass is 32.2. The molecule has 7 nitrogen and oxygen atoms in total. The van der Waals surface area contributed by atoms with Crippen molar-refractivity contribution in [3.05, 3.63) is 42.2 Å². The number of carbonyl (C=O) groups excluding carboxylic acids is 1. The van der Waals surface area contributed by atoms with Crippen LogP contribution in [0.5, 0.6) is 0 Å². The van der Waals surface area contributed by atoms with E-state index >= 15 is 0 Å². The third kappa shape index (κ3) is 5.18. The minimum absolute atomic E-state index is 0.0442. The molecule has 1 aromatic carbocycles. The molecule has 2 heterocycles. The zero-order valence-corrected chi connectivity index (χ0v) is 17.5. The predicted molar refractivity (Wildman–Crippen MR) is 108 cm³/mol. The lowest BCUT2D eigenvalue weighted by molar-refractivity contribution is 0.175. The first-order chi connectivity index (χ1) is 13.7. The summed E-state index contributed by atoms with van der Waals surface area (Å²) < 4.78 is 42.2. The number of halogens is 2. The van der Waals surface area contributed by atoms with Gasteiger partial charge in [-0.25, -0.2) is 26.8 Å². The van der Waals surface area contributed by atoms with Crippen LogP contribution in [0.2, 0.25) is 0 Å². The number of anilines is 1. The number of urea groups is 1. The van der Waals surface area contributed by atoms with Crippen LogP contribution in [0.15, 0.2) is 30.6 Å². The molecule has 1 unspecified atom stereocenters. The maximum absolute atomic E-state index is 13.4. The van der Waals surface area contributed by atoms with Crippen molar-refractivity contribution in [1.82, 2.24) is 19.0 Å². The van der Waals surface area contributed by atoms with E-state index in [1.165, 1.54) is 17.1 Å². The van der Waals surface area contributed by atoms with Gasteiger partial charge in [0.2, 0.25) is 0 Å². The second kappa shape index (κ2) is 9.00. The van der Waals surface area contributed by atoms with Gasteiger partial charge in [-0.05, 0) is 38.8 Å². The molecular formula is C19H25F2N5O2S. The van der Waals surface area contributed by atoms with E-state index in [4.69, 9.17) is 0 Å². The molecule has 29 heavy (non-hydrogen) atoms. The minimum Gasteiger partial charge on any atom is -0.325 e. The third-order valence-corrected chi connectivity index (χ3v) is 6.58. The van der Waals surface area contributed by atoms with Crippen LogP contribution in [0.1, 0.15) is 26.7 Å². The quantitative estimate of drug-likeness (QED) is 0.800. The predicted octanol–water partition coefficient (Wildman–Crippen LogP) is 3.15. The van der Waals surface area contributed by atoms with Gasteiger partial charge in [-0.15, -0.1) is 0 Å². The highest BCUT2D eigenvalue weighted by molar-refractivity contribution is 7.83. The lowest BCUT2D eigenvalue weighted by atomic mass is 10.1. The van der Waals surface area contributed by atoms with E-state index in [9.17, 15) is 17.8 Å². The van der Waals surface area contributed by atoms with Crippen LogP contribution in [0.3, 0.4) is 0 Å². The van der Waals surface area contributed by atoms with Crippen LogP contribution in [0.4, 0.5) is 19.3 Å². The van der Waals surface area contributed by atoms with Crippen molar-refractivity contribution in [3.63, 3.8) is 0 Å². The van der Waals surface area contributed by atoms with Crippen molar-refractivity contribution in [2.75, 3.05) is 25.5 Å². The van der Waals surface area contributed by atoms with Gasteiger partial charge in [-0.2, -0.15) is 5.10 Å². The van der Waals surface area contributed by atoms with E-state index in [1.807, 2.05) is 18.2 Å². The summed E-state index contributed by atoms with van der Waals surface area (Å²) in [5.41, 5.74) is 0.645. The monoisotopic (exact) mass is 425 g/mol. The van der Waals surface area contributed by atoms with Crippen molar-refractivity contribution < 1.29 is 17.8 Å². The van der Waals surface area contributed by atoms with Gasteiger partial charge in [0.05, 0.1) is 34.8 Å². The van der Waals surface area contributed by atoms with E-state index in [0.717, 1.165) is 31.0 Å². The highest BCUT2D eigenvalue weighted by Crippen LogP contribution is 2.20. The summed E-state index contributed by atoms with van der Waals surface area (Å²) in [6, 6.07) is 2.85. The summed E-state index contributed by atoms with van der Waals surface area (Å²) in [7, 11) is 0.726. The first kappa shape index (κ1) is 21.4. The number of hydrogen-bond acceptors (Lipinski definition) is 3. The number of hydrogen-bond donors (Lipinski definition) is 1. The number of aromatic nitrogens is 2. The summed E-state index contributed by atoms with van der Waals surface area (Å²) in [6.07, 6.45) is 4.39. The standard InChI is InChI=1S/C19H25F2N5O2S/c1-13(2)29(28)25-6-4-17(5-7-25)24(3)19(27)23-16-11-22-26(12-16)18-9-14(20)8-15(21)10-18/h8-13,17H,4-7H2,1-3H3,(H,23,27). The van der Waals surface area contributed by atoms with E-state index in [1.54, 1.807) is 11.9 Å². The van der Waals surface area contributed by atoms with Gasteiger partial charge in [0.1, 0.15) is 11.6 Å². The summed E-state index contributed by atoms with van der Waals surface area (Å²) in [4.78, 5) is 14.2. The van der Waals surface area contributed by atoms with Crippen molar-refractivity contribution in [3.8, 4) is 5.69 Å². The van der Waals surface area contributed by atoms with Gasteiger partial charge in [0, 0.05) is 37.5 Å². The van der Waals surface area contributed by atoms with Gasteiger partial charge in [0.25, 0.3) is 0 Å². The van der Waals surface area contributed by atoms with Crippen LogP contribution < -0.4 is 5.32 Å². The summed E-state index contributed by atoms with van der Waals surface area (Å²) in [5, 5.41) is 6.88. The van der Waals surface area contributed by atoms with Crippen molar-refractivity contribution in [2.24, 2.45) is 0 Å². The van der Waals surface area contributed by atoms with Gasteiger partial charge in [-0.1, -0.05) is 0 Å². The molecule has 1 saturated heterocycles. The van der Waals surface area contributed by atoms with Gasteiger partial charge in [-0.3, -0.25) is 0 Å². The third-order valence-electron chi connectivity index (χ3n) is 4.89. The van der Waals surface area contributed by atoms with Crippen LogP contribution >= 0.6 is 0 Å². The van der Waals surface area contributed by atoms with Crippen LogP contribution in [0, 0.1) is 11.6 Å². The van der Waals surface area contributed by atoms with E-state index < -0.39 is 22.6 Å². The molecule has 1 aliphatic heterocycles. The molecule has 0 bridgehead atoms. The van der Waals surface area contributed by atoms with E-state index in [-0.39, 0.29) is 23.0 Å². The fourth-order valence-electron chi connectivity index (χ4n) is 3.29. The van der Waals surface area contributed by atoms with Gasteiger partial charge < -0.3 is 10.2 Å². The zero-order valence-electron chi connectivity index (χ0n) is 16.6. The van der Waals surface area contributed by atoms with E-state index in [2.05, 4.69) is 10.4 Å². The van der Waals surface area contributed by atoms with Crippen molar-refractivity contribution in [1.29, 1.82) is 0 Å². The number of carbonyl (C=O) groups is 1. The Bertz CT molecular complexity index is 876. The summed E-state index contributed by atoms with van der Waals surface area (Å²) in [5.74, 6) is -1.41. The Labute approximate surface area is 171 Å². The molecule has 1 fully saturated rings.